The van der Waals surface area contributed by atoms with Crippen molar-refractivity contribution in [2.45, 2.75) is 40.0 Å². The lowest BCUT2D eigenvalue weighted by Crippen LogP contribution is -2.24. The molecule has 0 saturated carbocycles. The monoisotopic (exact) mass is 521 g/mol. The van der Waals surface area contributed by atoms with Crippen LogP contribution >= 0.6 is 15.9 Å². The fraction of sp³-hybridized carbons (Fsp3) is 0.375. The van der Waals surface area contributed by atoms with Gasteiger partial charge in [0.15, 0.2) is 5.78 Å². The van der Waals surface area contributed by atoms with Gasteiger partial charge in [-0.25, -0.2) is 4.79 Å². The van der Waals surface area contributed by atoms with Crippen molar-refractivity contribution in [3.8, 4) is 17.2 Å². The average molecular weight is 522 g/mol. The summed E-state index contributed by atoms with van der Waals surface area (Å²) >= 11 is 3.35. The first-order valence-electron chi connectivity index (χ1n) is 10.5. The molecule has 0 atom stereocenters. The van der Waals surface area contributed by atoms with Crippen LogP contribution < -0.4 is 14.8 Å². The van der Waals surface area contributed by atoms with Crippen LogP contribution in [0.2, 0.25) is 0 Å². The first-order valence-corrected chi connectivity index (χ1v) is 11.3. The Kier molecular flexibility index (Phi) is 9.72. The first kappa shape index (κ1) is 26.2. The Bertz CT molecular complexity index is 1040. The van der Waals surface area contributed by atoms with Gasteiger partial charge in [0.1, 0.15) is 17.2 Å². The number of carbonyl (C=O) groups excluding carboxylic acids is 3. The van der Waals surface area contributed by atoms with Crippen molar-refractivity contribution in [1.82, 2.24) is 0 Å². The van der Waals surface area contributed by atoms with Crippen LogP contribution in [0.15, 0.2) is 28.7 Å². The Morgan fingerprint density at radius 3 is 2.36 bits per heavy atom. The Hall–Kier alpha value is -3.07. The summed E-state index contributed by atoms with van der Waals surface area (Å²) in [6.45, 7) is 5.95. The smallest absolute Gasteiger partial charge is 0.396 e. The van der Waals surface area contributed by atoms with Crippen molar-refractivity contribution in [2.24, 2.45) is 0 Å². The number of anilines is 1. The van der Waals surface area contributed by atoms with E-state index in [1.807, 2.05) is 13.8 Å². The highest BCUT2D eigenvalue weighted by Crippen LogP contribution is 2.33. The largest absolute Gasteiger partial charge is 0.507 e. The van der Waals surface area contributed by atoms with E-state index < -0.39 is 11.9 Å². The predicted octanol–water partition coefficient (Wildman–Crippen LogP) is 4.58. The van der Waals surface area contributed by atoms with Crippen LogP contribution in [-0.2, 0) is 20.7 Å². The van der Waals surface area contributed by atoms with Crippen LogP contribution in [0.5, 0.6) is 17.2 Å². The van der Waals surface area contributed by atoms with Gasteiger partial charge in [-0.1, -0.05) is 13.3 Å². The SMILES string of the molecule is CCCc1c(OCCCOc2cc(NC(=O)C(=O)OC)c(Br)cc2C)ccc(C(C)=O)c1O. The molecule has 2 N–H and O–H groups in total. The van der Waals surface area contributed by atoms with Crippen molar-refractivity contribution < 1.29 is 33.7 Å². The van der Waals surface area contributed by atoms with E-state index in [2.05, 4.69) is 26.0 Å². The molecule has 2 rings (SSSR count). The van der Waals surface area contributed by atoms with Gasteiger partial charge in [-0.15, -0.1) is 0 Å². The maximum atomic E-state index is 11.8. The summed E-state index contributed by atoms with van der Waals surface area (Å²) < 4.78 is 16.7. The molecule has 0 saturated heterocycles. The second kappa shape index (κ2) is 12.2. The highest BCUT2D eigenvalue weighted by Gasteiger charge is 2.17. The molecule has 0 spiro atoms. The minimum absolute atomic E-state index is 0.0230. The maximum Gasteiger partial charge on any atom is 0.396 e. The topological polar surface area (TPSA) is 111 Å². The molecule has 8 nitrogen and oxygen atoms in total. The quantitative estimate of drug-likeness (QED) is 0.203. The zero-order valence-electron chi connectivity index (χ0n) is 19.1. The van der Waals surface area contributed by atoms with E-state index in [1.165, 1.54) is 6.92 Å². The second-order valence-electron chi connectivity index (χ2n) is 7.34. The standard InChI is InChI=1S/C24H28BrNO7/c1-5-7-17-20(9-8-16(15(3)27)22(17)28)32-10-6-11-33-21-13-19(18(25)12-14(21)2)26-23(29)24(30)31-4/h8-9,12-13,28H,5-7,10-11H2,1-4H3,(H,26,29). The van der Waals surface area contributed by atoms with E-state index in [4.69, 9.17) is 9.47 Å². The van der Waals surface area contributed by atoms with Gasteiger partial charge in [0.05, 0.1) is 31.6 Å². The van der Waals surface area contributed by atoms with Gasteiger partial charge in [-0.2, -0.15) is 0 Å². The number of carbonyl (C=O) groups is 3. The molecule has 1 amide bonds. The molecule has 0 radical (unpaired) electrons. The van der Waals surface area contributed by atoms with Gasteiger partial charge in [-0.05, 0) is 60.0 Å². The van der Waals surface area contributed by atoms with Gasteiger partial charge in [0.2, 0.25) is 0 Å². The third-order valence-electron chi connectivity index (χ3n) is 4.81. The van der Waals surface area contributed by atoms with Crippen molar-refractivity contribution >= 4 is 39.3 Å². The number of rotatable bonds is 10. The van der Waals surface area contributed by atoms with Crippen LogP contribution in [0.4, 0.5) is 5.69 Å². The normalized spacial score (nSPS) is 10.5. The number of phenolic OH excluding ortho intramolecular Hbond substituents is 1. The number of halogens is 1. The fourth-order valence-corrected chi connectivity index (χ4v) is 3.68. The molecule has 0 aromatic heterocycles. The second-order valence-corrected chi connectivity index (χ2v) is 8.19. The third kappa shape index (κ3) is 6.95. The molecular weight excluding hydrogens is 494 g/mol. The minimum Gasteiger partial charge on any atom is -0.507 e. The van der Waals surface area contributed by atoms with Gasteiger partial charge in [0, 0.05) is 22.5 Å². The number of benzene rings is 2. The number of esters is 1. The van der Waals surface area contributed by atoms with E-state index in [9.17, 15) is 19.5 Å². The molecule has 2 aromatic rings. The third-order valence-corrected chi connectivity index (χ3v) is 5.46. The molecule has 9 heteroatoms. The maximum absolute atomic E-state index is 11.8. The Morgan fingerprint density at radius 1 is 1.09 bits per heavy atom. The highest BCUT2D eigenvalue weighted by atomic mass is 79.9. The predicted molar refractivity (Wildman–Crippen MR) is 127 cm³/mol. The van der Waals surface area contributed by atoms with Gasteiger partial charge < -0.3 is 24.6 Å². The van der Waals surface area contributed by atoms with Crippen LogP contribution in [0.1, 0.15) is 48.2 Å². The number of aromatic hydroxyl groups is 1. The summed E-state index contributed by atoms with van der Waals surface area (Å²) in [5.74, 6) is -1.00. The summed E-state index contributed by atoms with van der Waals surface area (Å²) in [5, 5.41) is 12.9. The highest BCUT2D eigenvalue weighted by molar-refractivity contribution is 9.10. The number of hydrogen-bond donors (Lipinski definition) is 2. The molecule has 0 aliphatic carbocycles. The first-order chi connectivity index (χ1) is 15.7. The number of nitrogens with one attached hydrogen (secondary N) is 1. The number of ether oxygens (including phenoxy) is 3. The number of amides is 1. The molecule has 0 heterocycles. The number of ketones is 1. The zero-order chi connectivity index (χ0) is 24.5. The Labute approximate surface area is 201 Å². The van der Waals surface area contributed by atoms with Crippen LogP contribution in [-0.4, -0.2) is 43.1 Å². The molecule has 0 fully saturated rings. The number of hydrogen-bond acceptors (Lipinski definition) is 7. The average Bonchev–Trinajstić information content (AvgIpc) is 2.77. The number of methoxy groups -OCH3 is 1. The van der Waals surface area contributed by atoms with E-state index in [0.717, 1.165) is 19.1 Å². The summed E-state index contributed by atoms with van der Waals surface area (Å²) in [6.07, 6.45) is 1.95. The molecule has 178 valence electrons. The number of phenols is 1. The van der Waals surface area contributed by atoms with E-state index in [-0.39, 0.29) is 17.1 Å². The molecule has 33 heavy (non-hydrogen) atoms. The van der Waals surface area contributed by atoms with Crippen molar-refractivity contribution in [1.29, 1.82) is 0 Å². The molecular formula is C24H28BrNO7. The van der Waals surface area contributed by atoms with Crippen LogP contribution in [0.25, 0.3) is 0 Å². The van der Waals surface area contributed by atoms with Gasteiger partial charge >= 0.3 is 11.9 Å². The molecule has 2 aromatic carbocycles. The van der Waals surface area contributed by atoms with Crippen molar-refractivity contribution in [3.63, 3.8) is 0 Å². The molecule has 0 aliphatic heterocycles. The van der Waals surface area contributed by atoms with Gasteiger partial charge in [0.25, 0.3) is 0 Å². The Morgan fingerprint density at radius 2 is 1.76 bits per heavy atom. The van der Waals surface area contributed by atoms with E-state index >= 15 is 0 Å². The molecule has 0 unspecified atom stereocenters. The van der Waals surface area contributed by atoms with E-state index in [1.54, 1.807) is 24.3 Å². The van der Waals surface area contributed by atoms with Crippen LogP contribution in [0, 0.1) is 6.92 Å². The lowest BCUT2D eigenvalue weighted by atomic mass is 10.0. The summed E-state index contributed by atoms with van der Waals surface area (Å²) in [6, 6.07) is 6.67. The number of aryl methyl sites for hydroxylation is 1. The summed E-state index contributed by atoms with van der Waals surface area (Å²) in [7, 11) is 1.13. The van der Waals surface area contributed by atoms with Gasteiger partial charge in [-0.3, -0.25) is 9.59 Å². The number of Topliss-reactive ketones (excluding diaryl/α,β-unsaturated/α-hetero) is 1. The molecule has 0 bridgehead atoms. The lowest BCUT2D eigenvalue weighted by Gasteiger charge is -2.16. The van der Waals surface area contributed by atoms with Crippen molar-refractivity contribution in [2.75, 3.05) is 25.6 Å². The molecule has 0 aliphatic rings. The Balaban J connectivity index is 1.98. The minimum atomic E-state index is -0.994. The van der Waals surface area contributed by atoms with Crippen molar-refractivity contribution in [3.05, 3.63) is 45.4 Å². The zero-order valence-corrected chi connectivity index (χ0v) is 20.7. The fourth-order valence-electron chi connectivity index (χ4n) is 3.12. The lowest BCUT2D eigenvalue weighted by molar-refractivity contribution is -0.150. The van der Waals surface area contributed by atoms with Crippen LogP contribution in [0.3, 0.4) is 0 Å². The summed E-state index contributed by atoms with van der Waals surface area (Å²) in [4.78, 5) is 34.8. The van der Waals surface area contributed by atoms with E-state index in [0.29, 0.717) is 53.3 Å². The summed E-state index contributed by atoms with van der Waals surface area (Å²) in [5.41, 5.74) is 2.14.